The molecule has 1 aliphatic rings. The Balaban J connectivity index is 2.32. The van der Waals surface area contributed by atoms with Crippen LogP contribution in [0.5, 0.6) is 0 Å². The van der Waals surface area contributed by atoms with Gasteiger partial charge in [-0.15, -0.1) is 11.3 Å². The molecule has 0 saturated carbocycles. The van der Waals surface area contributed by atoms with E-state index in [0.717, 1.165) is 4.88 Å². The van der Waals surface area contributed by atoms with Gasteiger partial charge in [-0.1, -0.05) is 13.8 Å². The minimum atomic E-state index is -0.376. The van der Waals surface area contributed by atoms with Gasteiger partial charge in [0, 0.05) is 9.75 Å². The van der Waals surface area contributed by atoms with Gasteiger partial charge in [-0.2, -0.15) is 0 Å². The first-order valence-electron chi connectivity index (χ1n) is 6.57. The summed E-state index contributed by atoms with van der Waals surface area (Å²) in [5.41, 5.74) is 0. The van der Waals surface area contributed by atoms with E-state index in [1.54, 1.807) is 16.2 Å². The Morgan fingerprint density at radius 3 is 2.53 bits per heavy atom. The van der Waals surface area contributed by atoms with Crippen LogP contribution in [0, 0.1) is 12.8 Å². The van der Waals surface area contributed by atoms with Gasteiger partial charge in [0.1, 0.15) is 6.04 Å². The third-order valence-electron chi connectivity index (χ3n) is 3.49. The van der Waals surface area contributed by atoms with Crippen LogP contribution in [0.4, 0.5) is 0 Å². The predicted octanol–water partition coefficient (Wildman–Crippen LogP) is 2.10. The highest BCUT2D eigenvalue weighted by atomic mass is 32.1. The quantitative estimate of drug-likeness (QED) is 0.922. The standard InChI is InChI=1S/C14H20N2O2S/c1-8(2)13-14(18)15-7-12(17)16(13)10(4)11-6-5-9(3)19-11/h5-6,8,10,13H,7H2,1-4H3,(H,15,18). The molecule has 2 atom stereocenters. The minimum absolute atomic E-state index is 0.00291. The third kappa shape index (κ3) is 2.66. The van der Waals surface area contributed by atoms with Gasteiger partial charge in [0.15, 0.2) is 0 Å². The van der Waals surface area contributed by atoms with Gasteiger partial charge in [0.05, 0.1) is 12.6 Å². The normalized spacial score (nSPS) is 21.7. The van der Waals surface area contributed by atoms with Crippen LogP contribution in [0.1, 0.15) is 36.6 Å². The van der Waals surface area contributed by atoms with Crippen molar-refractivity contribution in [1.82, 2.24) is 10.2 Å². The fourth-order valence-corrected chi connectivity index (χ4v) is 3.46. The second-order valence-corrected chi connectivity index (χ2v) is 6.65. The lowest BCUT2D eigenvalue weighted by atomic mass is 9.97. The van der Waals surface area contributed by atoms with Crippen molar-refractivity contribution in [1.29, 1.82) is 0 Å². The van der Waals surface area contributed by atoms with Crippen molar-refractivity contribution in [2.24, 2.45) is 5.92 Å². The molecule has 1 aromatic rings. The van der Waals surface area contributed by atoms with Gasteiger partial charge in [0.2, 0.25) is 11.8 Å². The highest BCUT2D eigenvalue weighted by molar-refractivity contribution is 7.12. The van der Waals surface area contributed by atoms with Crippen LogP contribution in [-0.4, -0.2) is 29.3 Å². The zero-order chi connectivity index (χ0) is 14.2. The van der Waals surface area contributed by atoms with Crippen LogP contribution in [-0.2, 0) is 9.59 Å². The molecule has 0 bridgehead atoms. The van der Waals surface area contributed by atoms with Crippen molar-refractivity contribution in [3.63, 3.8) is 0 Å². The lowest BCUT2D eigenvalue weighted by Crippen LogP contribution is -2.60. The van der Waals surface area contributed by atoms with Crippen LogP contribution in [0.15, 0.2) is 12.1 Å². The average molecular weight is 280 g/mol. The molecule has 104 valence electrons. The fourth-order valence-electron chi connectivity index (χ4n) is 2.54. The Hall–Kier alpha value is -1.36. The number of amides is 2. The fraction of sp³-hybridized carbons (Fsp3) is 0.571. The van der Waals surface area contributed by atoms with Crippen LogP contribution >= 0.6 is 11.3 Å². The second-order valence-electron chi connectivity index (χ2n) is 5.33. The summed E-state index contributed by atoms with van der Waals surface area (Å²) in [4.78, 5) is 28.3. The van der Waals surface area contributed by atoms with Crippen molar-refractivity contribution in [2.75, 3.05) is 6.54 Å². The van der Waals surface area contributed by atoms with Crippen molar-refractivity contribution in [2.45, 2.75) is 39.8 Å². The summed E-state index contributed by atoms with van der Waals surface area (Å²) >= 11 is 1.68. The van der Waals surface area contributed by atoms with Crippen molar-refractivity contribution in [3.05, 3.63) is 21.9 Å². The van der Waals surface area contributed by atoms with E-state index in [2.05, 4.69) is 11.4 Å². The zero-order valence-corrected chi connectivity index (χ0v) is 12.6. The molecule has 0 radical (unpaired) electrons. The lowest BCUT2D eigenvalue weighted by Gasteiger charge is -2.40. The molecule has 2 amide bonds. The summed E-state index contributed by atoms with van der Waals surface area (Å²) in [5.74, 6) is 0.0549. The number of carbonyl (C=O) groups excluding carboxylic acids is 2. The van der Waals surface area contributed by atoms with Gasteiger partial charge in [0.25, 0.3) is 0 Å². The highest BCUT2D eigenvalue weighted by Crippen LogP contribution is 2.31. The topological polar surface area (TPSA) is 49.4 Å². The van der Waals surface area contributed by atoms with Crippen molar-refractivity contribution in [3.8, 4) is 0 Å². The molecule has 2 rings (SSSR count). The molecule has 1 saturated heterocycles. The predicted molar refractivity (Wildman–Crippen MR) is 76.0 cm³/mol. The zero-order valence-electron chi connectivity index (χ0n) is 11.8. The van der Waals surface area contributed by atoms with Gasteiger partial charge < -0.3 is 10.2 Å². The van der Waals surface area contributed by atoms with E-state index in [4.69, 9.17) is 0 Å². The average Bonchev–Trinajstić information content (AvgIpc) is 2.77. The summed E-state index contributed by atoms with van der Waals surface area (Å²) in [6.07, 6.45) is 0. The number of aryl methyl sites for hydroxylation is 1. The molecule has 0 aromatic carbocycles. The van der Waals surface area contributed by atoms with E-state index in [9.17, 15) is 9.59 Å². The molecule has 2 unspecified atom stereocenters. The Bertz CT molecular complexity index is 495. The van der Waals surface area contributed by atoms with E-state index in [-0.39, 0.29) is 36.4 Å². The van der Waals surface area contributed by atoms with Crippen LogP contribution in [0.25, 0.3) is 0 Å². The maximum Gasteiger partial charge on any atom is 0.243 e. The van der Waals surface area contributed by atoms with E-state index in [1.165, 1.54) is 4.88 Å². The Morgan fingerprint density at radius 2 is 2.00 bits per heavy atom. The van der Waals surface area contributed by atoms with Gasteiger partial charge in [-0.3, -0.25) is 9.59 Å². The Labute approximate surface area is 117 Å². The number of carbonyl (C=O) groups is 2. The lowest BCUT2D eigenvalue weighted by molar-refractivity contribution is -0.150. The Morgan fingerprint density at radius 1 is 1.32 bits per heavy atom. The molecule has 0 aliphatic carbocycles. The van der Waals surface area contributed by atoms with Gasteiger partial charge in [-0.25, -0.2) is 0 Å². The first-order valence-corrected chi connectivity index (χ1v) is 7.38. The number of hydrogen-bond acceptors (Lipinski definition) is 3. The van der Waals surface area contributed by atoms with E-state index in [0.29, 0.717) is 0 Å². The number of rotatable bonds is 3. The summed E-state index contributed by atoms with van der Waals surface area (Å²) in [6.45, 7) is 8.10. The number of nitrogens with zero attached hydrogens (tertiary/aromatic N) is 1. The third-order valence-corrected chi connectivity index (χ3v) is 4.66. The number of nitrogens with one attached hydrogen (secondary N) is 1. The van der Waals surface area contributed by atoms with Crippen LogP contribution in [0.2, 0.25) is 0 Å². The summed E-state index contributed by atoms with van der Waals surface area (Å²) in [5, 5.41) is 2.68. The summed E-state index contributed by atoms with van der Waals surface area (Å²) in [6, 6.07) is 3.67. The largest absolute Gasteiger partial charge is 0.345 e. The number of hydrogen-bond donors (Lipinski definition) is 1. The molecule has 1 N–H and O–H groups in total. The molecule has 1 aromatic heterocycles. The van der Waals surface area contributed by atoms with Crippen molar-refractivity contribution < 1.29 is 9.59 Å². The molecule has 19 heavy (non-hydrogen) atoms. The maximum absolute atomic E-state index is 12.2. The first kappa shape index (κ1) is 14.1. The monoisotopic (exact) mass is 280 g/mol. The molecule has 1 fully saturated rings. The van der Waals surface area contributed by atoms with E-state index >= 15 is 0 Å². The van der Waals surface area contributed by atoms with E-state index < -0.39 is 0 Å². The molecular weight excluding hydrogens is 260 g/mol. The molecule has 2 heterocycles. The minimum Gasteiger partial charge on any atom is -0.345 e. The molecule has 0 spiro atoms. The van der Waals surface area contributed by atoms with Crippen LogP contribution < -0.4 is 5.32 Å². The second kappa shape index (κ2) is 5.33. The maximum atomic E-state index is 12.2. The molecular formula is C14H20N2O2S. The van der Waals surface area contributed by atoms with Gasteiger partial charge in [-0.05, 0) is 31.9 Å². The molecule has 4 nitrogen and oxygen atoms in total. The van der Waals surface area contributed by atoms with E-state index in [1.807, 2.05) is 33.8 Å². The van der Waals surface area contributed by atoms with Gasteiger partial charge >= 0.3 is 0 Å². The number of piperazine rings is 1. The van der Waals surface area contributed by atoms with Crippen molar-refractivity contribution >= 4 is 23.2 Å². The molecule has 1 aliphatic heterocycles. The summed E-state index contributed by atoms with van der Waals surface area (Å²) in [7, 11) is 0. The number of thiophene rings is 1. The van der Waals surface area contributed by atoms with Crippen LogP contribution in [0.3, 0.4) is 0 Å². The highest BCUT2D eigenvalue weighted by Gasteiger charge is 2.39. The molecule has 5 heteroatoms. The SMILES string of the molecule is Cc1ccc(C(C)N2C(=O)CNC(=O)C2C(C)C)s1. The first-order chi connectivity index (χ1) is 8.91. The Kier molecular flexibility index (Phi) is 3.94. The smallest absolute Gasteiger partial charge is 0.243 e. The summed E-state index contributed by atoms with van der Waals surface area (Å²) < 4.78 is 0.